The molecule has 0 amide bonds. The number of halogens is 1. The highest BCUT2D eigenvalue weighted by molar-refractivity contribution is 6.30. The second kappa shape index (κ2) is 6.61. The van der Waals surface area contributed by atoms with Crippen molar-refractivity contribution in [1.82, 2.24) is 25.2 Å². The highest BCUT2D eigenvalue weighted by atomic mass is 35.5. The molecule has 7 heteroatoms. The molecule has 0 radical (unpaired) electrons. The second-order valence-electron chi connectivity index (χ2n) is 6.79. The van der Waals surface area contributed by atoms with E-state index in [9.17, 15) is 0 Å². The van der Waals surface area contributed by atoms with Crippen molar-refractivity contribution < 1.29 is 4.52 Å². The lowest BCUT2D eigenvalue weighted by atomic mass is 9.80. The fourth-order valence-corrected chi connectivity index (χ4v) is 3.31. The lowest BCUT2D eigenvalue weighted by Crippen LogP contribution is -2.38. The number of rotatable bonds is 4. The summed E-state index contributed by atoms with van der Waals surface area (Å²) < 4.78 is 7.32. The lowest BCUT2D eigenvalue weighted by molar-refractivity contribution is 0.303. The summed E-state index contributed by atoms with van der Waals surface area (Å²) in [5.41, 5.74) is 2.05. The summed E-state index contributed by atoms with van der Waals surface area (Å²) >= 11 is 5.89. The molecule has 25 heavy (non-hydrogen) atoms. The van der Waals surface area contributed by atoms with Gasteiger partial charge in [0.05, 0.1) is 17.8 Å². The zero-order valence-electron chi connectivity index (χ0n) is 14.1. The van der Waals surface area contributed by atoms with Gasteiger partial charge in [0.1, 0.15) is 0 Å². The predicted octanol–water partition coefficient (Wildman–Crippen LogP) is 3.28. The molecule has 0 bridgehead atoms. The SMILES string of the molecule is CC1(c2noc(-c3ccc(Cn4cc(Cl)cn4)cc3)n2)CCNCC1. The molecule has 3 aromatic rings. The summed E-state index contributed by atoms with van der Waals surface area (Å²) in [6.07, 6.45) is 5.49. The van der Waals surface area contributed by atoms with Gasteiger partial charge in [-0.05, 0) is 43.6 Å². The smallest absolute Gasteiger partial charge is 0.257 e. The van der Waals surface area contributed by atoms with Crippen molar-refractivity contribution in [3.05, 3.63) is 53.1 Å². The Morgan fingerprint density at radius 3 is 2.68 bits per heavy atom. The van der Waals surface area contributed by atoms with Crippen molar-refractivity contribution >= 4 is 11.6 Å². The van der Waals surface area contributed by atoms with Gasteiger partial charge in [-0.15, -0.1) is 0 Å². The number of hydrogen-bond acceptors (Lipinski definition) is 5. The average molecular weight is 358 g/mol. The molecule has 1 aromatic carbocycles. The molecule has 4 rings (SSSR count). The van der Waals surface area contributed by atoms with Crippen LogP contribution in [0.15, 0.2) is 41.2 Å². The summed E-state index contributed by atoms with van der Waals surface area (Å²) in [5, 5.41) is 12.4. The van der Waals surface area contributed by atoms with E-state index >= 15 is 0 Å². The number of hydrogen-bond donors (Lipinski definition) is 1. The molecule has 2 aromatic heterocycles. The normalized spacial score (nSPS) is 16.9. The monoisotopic (exact) mass is 357 g/mol. The maximum absolute atomic E-state index is 5.89. The van der Waals surface area contributed by atoms with Crippen LogP contribution in [0.25, 0.3) is 11.5 Å². The fraction of sp³-hybridized carbons (Fsp3) is 0.389. The third kappa shape index (κ3) is 3.45. The van der Waals surface area contributed by atoms with Crippen LogP contribution in [0, 0.1) is 0 Å². The van der Waals surface area contributed by atoms with E-state index in [1.54, 1.807) is 17.1 Å². The van der Waals surface area contributed by atoms with Crippen molar-refractivity contribution in [2.24, 2.45) is 0 Å². The highest BCUT2D eigenvalue weighted by Gasteiger charge is 2.33. The van der Waals surface area contributed by atoms with E-state index in [4.69, 9.17) is 16.1 Å². The first-order chi connectivity index (χ1) is 12.1. The van der Waals surface area contributed by atoms with Crippen molar-refractivity contribution in [2.45, 2.75) is 31.7 Å². The minimum Gasteiger partial charge on any atom is -0.334 e. The van der Waals surface area contributed by atoms with Crippen LogP contribution < -0.4 is 5.32 Å². The minimum atomic E-state index is -0.00764. The molecule has 0 spiro atoms. The number of benzene rings is 1. The Bertz CT molecular complexity index is 848. The largest absolute Gasteiger partial charge is 0.334 e. The number of aromatic nitrogens is 4. The highest BCUT2D eigenvalue weighted by Crippen LogP contribution is 2.32. The van der Waals surface area contributed by atoms with E-state index in [1.165, 1.54) is 0 Å². The van der Waals surface area contributed by atoms with E-state index in [0.717, 1.165) is 42.9 Å². The first-order valence-corrected chi connectivity index (χ1v) is 8.82. The number of nitrogens with zero attached hydrogens (tertiary/aromatic N) is 4. The minimum absolute atomic E-state index is 0.00764. The molecule has 130 valence electrons. The van der Waals surface area contributed by atoms with E-state index in [1.807, 2.05) is 24.3 Å². The van der Waals surface area contributed by atoms with Crippen LogP contribution >= 0.6 is 11.6 Å². The first-order valence-electron chi connectivity index (χ1n) is 8.45. The maximum Gasteiger partial charge on any atom is 0.257 e. The van der Waals surface area contributed by atoms with Gasteiger partial charge in [0, 0.05) is 17.2 Å². The van der Waals surface area contributed by atoms with Crippen LogP contribution in [-0.2, 0) is 12.0 Å². The molecule has 0 aliphatic carbocycles. The molecular formula is C18H20ClN5O. The topological polar surface area (TPSA) is 68.8 Å². The van der Waals surface area contributed by atoms with Gasteiger partial charge in [-0.1, -0.05) is 35.8 Å². The van der Waals surface area contributed by atoms with E-state index in [0.29, 0.717) is 17.5 Å². The Morgan fingerprint density at radius 1 is 1.24 bits per heavy atom. The third-order valence-corrected chi connectivity index (χ3v) is 5.02. The summed E-state index contributed by atoms with van der Waals surface area (Å²) in [6.45, 7) is 4.87. The maximum atomic E-state index is 5.89. The Morgan fingerprint density at radius 2 is 2.00 bits per heavy atom. The summed E-state index contributed by atoms with van der Waals surface area (Å²) in [4.78, 5) is 4.65. The molecule has 3 heterocycles. The van der Waals surface area contributed by atoms with E-state index < -0.39 is 0 Å². The van der Waals surface area contributed by atoms with Crippen LogP contribution in [0.4, 0.5) is 0 Å². The quantitative estimate of drug-likeness (QED) is 0.776. The van der Waals surface area contributed by atoms with Gasteiger partial charge in [0.25, 0.3) is 5.89 Å². The molecule has 0 unspecified atom stereocenters. The van der Waals surface area contributed by atoms with E-state index in [2.05, 4.69) is 27.5 Å². The van der Waals surface area contributed by atoms with Crippen LogP contribution in [0.3, 0.4) is 0 Å². The lowest BCUT2D eigenvalue weighted by Gasteiger charge is -2.30. The Kier molecular flexibility index (Phi) is 4.31. The molecule has 1 saturated heterocycles. The van der Waals surface area contributed by atoms with Crippen LogP contribution in [0.5, 0.6) is 0 Å². The Balaban J connectivity index is 1.50. The second-order valence-corrected chi connectivity index (χ2v) is 7.22. The summed E-state index contributed by atoms with van der Waals surface area (Å²) in [5.74, 6) is 1.38. The zero-order chi connectivity index (χ0) is 17.3. The van der Waals surface area contributed by atoms with Crippen molar-refractivity contribution in [2.75, 3.05) is 13.1 Å². The van der Waals surface area contributed by atoms with E-state index in [-0.39, 0.29) is 5.41 Å². The molecule has 0 atom stereocenters. The molecule has 1 aliphatic heterocycles. The van der Waals surface area contributed by atoms with Crippen LogP contribution in [-0.4, -0.2) is 33.0 Å². The van der Waals surface area contributed by atoms with Gasteiger partial charge in [-0.25, -0.2) is 0 Å². The van der Waals surface area contributed by atoms with Gasteiger partial charge in [-0.3, -0.25) is 4.68 Å². The van der Waals surface area contributed by atoms with Gasteiger partial charge >= 0.3 is 0 Å². The van der Waals surface area contributed by atoms with Crippen LogP contribution in [0.2, 0.25) is 5.02 Å². The average Bonchev–Trinajstić information content (AvgIpc) is 3.26. The van der Waals surface area contributed by atoms with Crippen molar-refractivity contribution in [1.29, 1.82) is 0 Å². The molecule has 1 fully saturated rings. The predicted molar refractivity (Wildman–Crippen MR) is 95.5 cm³/mol. The summed E-state index contributed by atoms with van der Waals surface area (Å²) in [7, 11) is 0. The molecular weight excluding hydrogens is 338 g/mol. The van der Waals surface area contributed by atoms with Gasteiger partial charge < -0.3 is 9.84 Å². The number of piperidine rings is 1. The summed E-state index contributed by atoms with van der Waals surface area (Å²) in [6, 6.07) is 8.09. The Labute approximate surface area is 151 Å². The first kappa shape index (κ1) is 16.3. The molecule has 1 aliphatic rings. The van der Waals surface area contributed by atoms with Gasteiger partial charge in [0.15, 0.2) is 5.82 Å². The standard InChI is InChI=1S/C18H20ClN5O/c1-18(6-8-20-9-7-18)17-22-16(25-23-17)14-4-2-13(3-5-14)11-24-12-15(19)10-21-24/h2-5,10,12,20H,6-9,11H2,1H3. The Hall–Kier alpha value is -2.18. The van der Waals surface area contributed by atoms with Gasteiger partial charge in [-0.2, -0.15) is 10.1 Å². The zero-order valence-corrected chi connectivity index (χ0v) is 14.8. The molecule has 6 nitrogen and oxygen atoms in total. The van der Waals surface area contributed by atoms with Crippen LogP contribution in [0.1, 0.15) is 31.2 Å². The van der Waals surface area contributed by atoms with Crippen molar-refractivity contribution in [3.8, 4) is 11.5 Å². The number of nitrogens with one attached hydrogen (secondary N) is 1. The molecule has 1 N–H and O–H groups in total. The fourth-order valence-electron chi connectivity index (χ4n) is 3.15. The van der Waals surface area contributed by atoms with Crippen molar-refractivity contribution in [3.63, 3.8) is 0 Å². The van der Waals surface area contributed by atoms with Gasteiger partial charge in [0.2, 0.25) is 0 Å². The molecule has 0 saturated carbocycles. The third-order valence-electron chi connectivity index (χ3n) is 4.82.